The van der Waals surface area contributed by atoms with Gasteiger partial charge >= 0.3 is 0 Å². The van der Waals surface area contributed by atoms with Crippen molar-refractivity contribution in [2.45, 2.75) is 38.7 Å². The lowest BCUT2D eigenvalue weighted by molar-refractivity contribution is 0.0260. The molecule has 1 aliphatic carbocycles. The van der Waals surface area contributed by atoms with Gasteiger partial charge in [0.1, 0.15) is 0 Å². The van der Waals surface area contributed by atoms with Crippen LogP contribution in [0.2, 0.25) is 0 Å². The Morgan fingerprint density at radius 3 is 2.70 bits per heavy atom. The van der Waals surface area contributed by atoms with Crippen molar-refractivity contribution >= 4 is 5.91 Å². The van der Waals surface area contributed by atoms with Crippen molar-refractivity contribution in [2.75, 3.05) is 6.54 Å². The summed E-state index contributed by atoms with van der Waals surface area (Å²) in [5.74, 6) is -0.113. The average Bonchev–Trinajstić information content (AvgIpc) is 2.55. The maximum Gasteiger partial charge on any atom is 0.251 e. The smallest absolute Gasteiger partial charge is 0.251 e. The topological polar surface area (TPSA) is 49.3 Å². The van der Waals surface area contributed by atoms with Gasteiger partial charge in [-0.25, -0.2) is 0 Å². The maximum absolute atomic E-state index is 12.4. The second kappa shape index (κ2) is 6.17. The summed E-state index contributed by atoms with van der Waals surface area (Å²) in [5.41, 5.74) is 4.33. The summed E-state index contributed by atoms with van der Waals surface area (Å²) in [6.45, 7) is 4.19. The Kier molecular flexibility index (Phi) is 4.22. The van der Waals surface area contributed by atoms with Crippen molar-refractivity contribution in [1.29, 1.82) is 0 Å². The molecule has 120 valence electrons. The molecule has 0 spiro atoms. The molecule has 0 bridgehead atoms. The van der Waals surface area contributed by atoms with Crippen molar-refractivity contribution in [2.24, 2.45) is 0 Å². The summed E-state index contributed by atoms with van der Waals surface area (Å²) in [5, 5.41) is 13.7. The Morgan fingerprint density at radius 1 is 1.17 bits per heavy atom. The molecular formula is C20H23NO2. The Morgan fingerprint density at radius 2 is 1.91 bits per heavy atom. The van der Waals surface area contributed by atoms with Crippen LogP contribution in [0.4, 0.5) is 0 Å². The largest absolute Gasteiger partial charge is 0.388 e. The van der Waals surface area contributed by atoms with Gasteiger partial charge < -0.3 is 10.4 Å². The minimum absolute atomic E-state index is 0.113. The van der Waals surface area contributed by atoms with Crippen LogP contribution in [0.3, 0.4) is 0 Å². The number of carbonyl (C=O) groups excluding carboxylic acids is 1. The van der Waals surface area contributed by atoms with Crippen molar-refractivity contribution in [1.82, 2.24) is 5.32 Å². The summed E-state index contributed by atoms with van der Waals surface area (Å²) in [6.07, 6.45) is 2.12. The second-order valence-corrected chi connectivity index (χ2v) is 6.67. The first-order chi connectivity index (χ1) is 11.0. The molecule has 1 aliphatic rings. The van der Waals surface area contributed by atoms with Crippen molar-refractivity contribution in [3.8, 4) is 0 Å². The quantitative estimate of drug-likeness (QED) is 0.916. The predicted molar refractivity (Wildman–Crippen MR) is 91.7 cm³/mol. The highest BCUT2D eigenvalue weighted by molar-refractivity contribution is 5.95. The number of benzene rings is 2. The lowest BCUT2D eigenvalue weighted by atomic mass is 9.80. The third kappa shape index (κ3) is 3.45. The standard InChI is InChI=1S/C20H23NO2/c1-14-7-8-15(2)18(11-14)19(22)21-13-20(23)10-9-16-5-3-4-6-17(16)12-20/h3-8,11,23H,9-10,12-13H2,1-2H3,(H,21,22). The molecule has 0 saturated heterocycles. The van der Waals surface area contributed by atoms with Crippen LogP contribution in [-0.4, -0.2) is 23.2 Å². The van der Waals surface area contributed by atoms with E-state index in [4.69, 9.17) is 0 Å². The molecule has 1 amide bonds. The van der Waals surface area contributed by atoms with E-state index in [1.54, 1.807) is 0 Å². The van der Waals surface area contributed by atoms with Crippen LogP contribution in [-0.2, 0) is 12.8 Å². The summed E-state index contributed by atoms with van der Waals surface area (Å²) in [6, 6.07) is 14.1. The number of nitrogens with one attached hydrogen (secondary N) is 1. The van der Waals surface area contributed by atoms with Crippen LogP contribution in [0.25, 0.3) is 0 Å². The SMILES string of the molecule is Cc1ccc(C)c(C(=O)NCC2(O)CCc3ccccc3C2)c1. The van der Waals surface area contributed by atoms with E-state index in [2.05, 4.69) is 17.4 Å². The number of aliphatic hydroxyl groups is 1. The Hall–Kier alpha value is -2.13. The van der Waals surface area contributed by atoms with E-state index >= 15 is 0 Å². The molecule has 2 aromatic rings. The number of amides is 1. The fourth-order valence-corrected chi connectivity index (χ4v) is 3.26. The van der Waals surface area contributed by atoms with Gasteiger partial charge in [0.15, 0.2) is 0 Å². The number of carbonyl (C=O) groups is 1. The van der Waals surface area contributed by atoms with E-state index in [1.807, 2.05) is 44.2 Å². The molecule has 0 aromatic heterocycles. The van der Waals surface area contributed by atoms with Crippen molar-refractivity contribution < 1.29 is 9.90 Å². The monoisotopic (exact) mass is 309 g/mol. The summed E-state index contributed by atoms with van der Waals surface area (Å²) < 4.78 is 0. The van der Waals surface area contributed by atoms with Crippen molar-refractivity contribution in [3.63, 3.8) is 0 Å². The van der Waals surface area contributed by atoms with Gasteiger partial charge in [0.2, 0.25) is 0 Å². The van der Waals surface area contributed by atoms with Gasteiger partial charge in [-0.2, -0.15) is 0 Å². The third-order valence-corrected chi connectivity index (χ3v) is 4.71. The Bertz CT molecular complexity index is 738. The molecule has 2 aromatic carbocycles. The minimum Gasteiger partial charge on any atom is -0.388 e. The number of hydrogen-bond acceptors (Lipinski definition) is 2. The first-order valence-corrected chi connectivity index (χ1v) is 8.11. The molecule has 3 rings (SSSR count). The van der Waals surface area contributed by atoms with Gasteiger partial charge in [-0.15, -0.1) is 0 Å². The zero-order valence-electron chi connectivity index (χ0n) is 13.7. The average molecular weight is 309 g/mol. The summed E-state index contributed by atoms with van der Waals surface area (Å²) in [7, 11) is 0. The fraction of sp³-hybridized carbons (Fsp3) is 0.350. The summed E-state index contributed by atoms with van der Waals surface area (Å²) in [4.78, 5) is 12.4. The Labute approximate surface area is 137 Å². The van der Waals surface area contributed by atoms with Crippen LogP contribution >= 0.6 is 0 Å². The molecule has 3 nitrogen and oxygen atoms in total. The van der Waals surface area contributed by atoms with E-state index in [-0.39, 0.29) is 12.5 Å². The van der Waals surface area contributed by atoms with Crippen LogP contribution in [0, 0.1) is 13.8 Å². The van der Waals surface area contributed by atoms with Gasteiger partial charge in [0.25, 0.3) is 5.91 Å². The van der Waals surface area contributed by atoms with E-state index in [1.165, 1.54) is 11.1 Å². The minimum atomic E-state index is -0.859. The van der Waals surface area contributed by atoms with Crippen molar-refractivity contribution in [3.05, 3.63) is 70.3 Å². The van der Waals surface area contributed by atoms with E-state index in [0.29, 0.717) is 18.4 Å². The van der Waals surface area contributed by atoms with Crippen LogP contribution in [0.15, 0.2) is 42.5 Å². The lowest BCUT2D eigenvalue weighted by Gasteiger charge is -2.33. The highest BCUT2D eigenvalue weighted by Crippen LogP contribution is 2.28. The molecular weight excluding hydrogens is 286 g/mol. The number of hydrogen-bond donors (Lipinski definition) is 2. The molecule has 23 heavy (non-hydrogen) atoms. The molecule has 0 radical (unpaired) electrons. The fourth-order valence-electron chi connectivity index (χ4n) is 3.26. The molecule has 1 atom stereocenters. The first kappa shape index (κ1) is 15.8. The van der Waals surface area contributed by atoms with Crippen LogP contribution in [0.1, 0.15) is 39.0 Å². The molecule has 0 aliphatic heterocycles. The van der Waals surface area contributed by atoms with Crippen LogP contribution < -0.4 is 5.32 Å². The number of rotatable bonds is 3. The van der Waals surface area contributed by atoms with E-state index in [0.717, 1.165) is 17.5 Å². The summed E-state index contributed by atoms with van der Waals surface area (Å²) >= 11 is 0. The Balaban J connectivity index is 1.68. The number of aryl methyl sites for hydroxylation is 3. The van der Waals surface area contributed by atoms with Gasteiger partial charge in [0.05, 0.1) is 5.60 Å². The highest BCUT2D eigenvalue weighted by atomic mass is 16.3. The van der Waals surface area contributed by atoms with Gasteiger partial charge in [-0.1, -0.05) is 42.0 Å². The zero-order valence-corrected chi connectivity index (χ0v) is 13.7. The molecule has 0 saturated carbocycles. The van der Waals surface area contributed by atoms with Gasteiger partial charge in [-0.3, -0.25) is 4.79 Å². The molecule has 0 fully saturated rings. The maximum atomic E-state index is 12.4. The zero-order chi connectivity index (χ0) is 16.4. The normalized spacial score (nSPS) is 20.0. The number of fused-ring (bicyclic) bond motifs is 1. The lowest BCUT2D eigenvalue weighted by Crippen LogP contribution is -2.46. The van der Waals surface area contributed by atoms with Crippen LogP contribution in [0.5, 0.6) is 0 Å². The molecule has 1 unspecified atom stereocenters. The van der Waals surface area contributed by atoms with Gasteiger partial charge in [0, 0.05) is 18.5 Å². The second-order valence-electron chi connectivity index (χ2n) is 6.67. The predicted octanol–water partition coefficient (Wildman–Crippen LogP) is 2.95. The first-order valence-electron chi connectivity index (χ1n) is 8.11. The third-order valence-electron chi connectivity index (χ3n) is 4.71. The van der Waals surface area contributed by atoms with Gasteiger partial charge in [-0.05, 0) is 49.4 Å². The van der Waals surface area contributed by atoms with E-state index < -0.39 is 5.60 Å². The molecule has 3 heteroatoms. The molecule has 0 heterocycles. The highest BCUT2D eigenvalue weighted by Gasteiger charge is 2.32. The van der Waals surface area contributed by atoms with E-state index in [9.17, 15) is 9.90 Å². The molecule has 2 N–H and O–H groups in total.